The van der Waals surface area contributed by atoms with E-state index in [1.54, 1.807) is 32.9 Å². The number of anilines is 1. The summed E-state index contributed by atoms with van der Waals surface area (Å²) in [6.07, 6.45) is -0.192. The summed E-state index contributed by atoms with van der Waals surface area (Å²) < 4.78 is 5.26. The number of alkyl carbamates (subject to hydrolysis) is 1. The highest BCUT2D eigenvalue weighted by Gasteiger charge is 2.30. The predicted molar refractivity (Wildman–Crippen MR) is 114 cm³/mol. The summed E-state index contributed by atoms with van der Waals surface area (Å²) in [5.41, 5.74) is -0.00882. The largest absolute Gasteiger partial charge is 0.444 e. The Balaban J connectivity index is 2.87. The zero-order valence-corrected chi connectivity index (χ0v) is 18.5. The lowest BCUT2D eigenvalue weighted by molar-refractivity contribution is -0.129. The minimum Gasteiger partial charge on any atom is -0.444 e. The molecule has 0 radical (unpaired) electrons. The minimum atomic E-state index is -0.816. The second kappa shape index (κ2) is 10.8. The van der Waals surface area contributed by atoms with E-state index in [0.717, 1.165) is 0 Å². The minimum absolute atomic E-state index is 0.181. The van der Waals surface area contributed by atoms with Crippen LogP contribution in [0.3, 0.4) is 0 Å². The lowest BCUT2D eigenvalue weighted by atomic mass is 10.0. The molecule has 0 aromatic heterocycles. The van der Waals surface area contributed by atoms with Gasteiger partial charge in [0.2, 0.25) is 11.8 Å². The van der Waals surface area contributed by atoms with Crippen LogP contribution in [0.2, 0.25) is 0 Å². The third-order valence-electron chi connectivity index (χ3n) is 4.00. The van der Waals surface area contributed by atoms with Gasteiger partial charge in [0.15, 0.2) is 0 Å². The molecule has 0 heterocycles. The van der Waals surface area contributed by atoms with Gasteiger partial charge in [0, 0.05) is 5.69 Å². The number of rotatable bonds is 8. The first-order valence-electron chi connectivity index (χ1n) is 10.0. The molecule has 0 bridgehead atoms. The van der Waals surface area contributed by atoms with E-state index in [9.17, 15) is 14.4 Å². The van der Waals surface area contributed by atoms with E-state index < -0.39 is 29.7 Å². The maximum absolute atomic E-state index is 12.9. The van der Waals surface area contributed by atoms with Crippen molar-refractivity contribution in [2.75, 3.05) is 5.32 Å². The first-order valence-corrected chi connectivity index (χ1v) is 10.0. The molecule has 2 atom stereocenters. The smallest absolute Gasteiger partial charge is 0.408 e. The van der Waals surface area contributed by atoms with Crippen molar-refractivity contribution in [3.05, 3.63) is 30.3 Å². The number of hydrogen-bond donors (Lipinski definition) is 3. The Kier molecular flexibility index (Phi) is 9.14. The maximum atomic E-state index is 12.9. The van der Waals surface area contributed by atoms with Crippen LogP contribution in [0.15, 0.2) is 30.3 Å². The van der Waals surface area contributed by atoms with Crippen LogP contribution >= 0.6 is 0 Å². The van der Waals surface area contributed by atoms with Gasteiger partial charge in [-0.15, -0.1) is 0 Å². The number of ether oxygens (including phenoxy) is 1. The summed E-state index contributed by atoms with van der Waals surface area (Å²) in [6, 6.07) is 7.54. The molecule has 0 spiro atoms. The third-order valence-corrected chi connectivity index (χ3v) is 4.00. The van der Waals surface area contributed by atoms with E-state index in [4.69, 9.17) is 4.74 Å². The van der Waals surface area contributed by atoms with E-state index in [-0.39, 0.29) is 17.7 Å². The number of nitrogens with one attached hydrogen (secondary N) is 3. The van der Waals surface area contributed by atoms with Gasteiger partial charge in [0.1, 0.15) is 17.7 Å². The molecule has 7 nitrogen and oxygen atoms in total. The summed E-state index contributed by atoms with van der Waals surface area (Å²) in [7, 11) is 0. The fraction of sp³-hybridized carbons (Fsp3) is 0.591. The normalized spacial score (nSPS) is 13.6. The number of carbonyl (C=O) groups is 3. The Morgan fingerprint density at radius 2 is 1.52 bits per heavy atom. The van der Waals surface area contributed by atoms with Crippen LogP contribution in [-0.4, -0.2) is 35.6 Å². The first-order chi connectivity index (χ1) is 13.4. The Hall–Kier alpha value is -2.57. The van der Waals surface area contributed by atoms with Gasteiger partial charge in [-0.1, -0.05) is 45.9 Å². The topological polar surface area (TPSA) is 96.5 Å². The Morgan fingerprint density at radius 3 is 2.00 bits per heavy atom. The molecule has 0 saturated carbocycles. The Morgan fingerprint density at radius 1 is 0.931 bits per heavy atom. The van der Waals surface area contributed by atoms with Crippen molar-refractivity contribution < 1.29 is 19.1 Å². The Bertz CT molecular complexity index is 681. The second-order valence-corrected chi connectivity index (χ2v) is 8.91. The van der Waals surface area contributed by atoms with Crippen LogP contribution in [0.5, 0.6) is 0 Å². The summed E-state index contributed by atoms with van der Waals surface area (Å²) >= 11 is 0. The molecule has 3 N–H and O–H groups in total. The average molecular weight is 411 g/mol. The molecule has 162 valence electrons. The first kappa shape index (κ1) is 24.5. The molecule has 29 heavy (non-hydrogen) atoms. The van der Waals surface area contributed by atoms with Crippen LogP contribution in [0, 0.1) is 11.8 Å². The van der Waals surface area contributed by atoms with Crippen molar-refractivity contribution in [1.82, 2.24) is 10.6 Å². The van der Waals surface area contributed by atoms with Gasteiger partial charge in [0.25, 0.3) is 0 Å². The van der Waals surface area contributed by atoms with Crippen LogP contribution in [-0.2, 0) is 14.3 Å². The molecule has 0 aliphatic carbocycles. The molecule has 3 amide bonds. The third kappa shape index (κ3) is 9.45. The maximum Gasteiger partial charge on any atom is 0.408 e. The number of para-hydroxylation sites is 1. The van der Waals surface area contributed by atoms with E-state index >= 15 is 0 Å². The van der Waals surface area contributed by atoms with Crippen LogP contribution in [0.25, 0.3) is 0 Å². The Labute approximate surface area is 174 Å². The summed E-state index contributed by atoms with van der Waals surface area (Å²) in [5.74, 6) is -0.699. The highest BCUT2D eigenvalue weighted by atomic mass is 16.6. The summed E-state index contributed by atoms with van der Waals surface area (Å²) in [6.45, 7) is 12.9. The van der Waals surface area contributed by atoms with Crippen LogP contribution in [0.1, 0.15) is 54.9 Å². The van der Waals surface area contributed by atoms with Crippen molar-refractivity contribution in [2.24, 2.45) is 11.8 Å². The highest BCUT2D eigenvalue weighted by Crippen LogP contribution is 2.12. The van der Waals surface area contributed by atoms with Crippen molar-refractivity contribution in [3.8, 4) is 0 Å². The van der Waals surface area contributed by atoms with Crippen molar-refractivity contribution in [3.63, 3.8) is 0 Å². The van der Waals surface area contributed by atoms with Gasteiger partial charge in [-0.25, -0.2) is 4.79 Å². The molecule has 1 aromatic rings. The lowest BCUT2D eigenvalue weighted by Crippen LogP contribution is -2.55. The van der Waals surface area contributed by atoms with Gasteiger partial charge in [0.05, 0.1) is 0 Å². The molecule has 7 heteroatoms. The quantitative estimate of drug-likeness (QED) is 0.449. The lowest BCUT2D eigenvalue weighted by Gasteiger charge is -2.27. The molecule has 0 unspecified atom stereocenters. The predicted octanol–water partition coefficient (Wildman–Crippen LogP) is 3.71. The van der Waals surface area contributed by atoms with Gasteiger partial charge in [-0.2, -0.15) is 0 Å². The van der Waals surface area contributed by atoms with Crippen LogP contribution in [0.4, 0.5) is 10.5 Å². The number of hydrogen-bond acceptors (Lipinski definition) is 4. The summed E-state index contributed by atoms with van der Waals surface area (Å²) in [5, 5.41) is 8.24. The molecule has 0 fully saturated rings. The zero-order chi connectivity index (χ0) is 22.2. The van der Waals surface area contributed by atoms with Crippen molar-refractivity contribution in [2.45, 2.75) is 72.6 Å². The van der Waals surface area contributed by atoms with E-state index in [1.807, 2.05) is 45.9 Å². The van der Waals surface area contributed by atoms with Crippen LogP contribution < -0.4 is 16.0 Å². The molecule has 1 aromatic carbocycles. The van der Waals surface area contributed by atoms with Crippen molar-refractivity contribution in [1.29, 1.82) is 0 Å². The number of carbonyl (C=O) groups excluding carboxylic acids is 3. The van der Waals surface area contributed by atoms with E-state index in [0.29, 0.717) is 12.1 Å². The van der Waals surface area contributed by atoms with E-state index in [1.165, 1.54) is 0 Å². The SMILES string of the molecule is CC(C)C[C@H](N[13C](=O)[13C@H]([15NH]C(=O)OC(C)(C)C)[13CH]([13CH3])[13CH3])C(=O)Nc1ccccc1. The number of benzene rings is 1. The highest BCUT2D eigenvalue weighted by molar-refractivity contribution is 5.98. The molecule has 0 saturated heterocycles. The van der Waals surface area contributed by atoms with Crippen molar-refractivity contribution >= 4 is 23.6 Å². The number of amides is 3. The van der Waals surface area contributed by atoms with Gasteiger partial charge in [-0.05, 0) is 51.2 Å². The van der Waals surface area contributed by atoms with Gasteiger partial charge >= 0.3 is 6.09 Å². The molecule has 0 aliphatic rings. The van der Waals surface area contributed by atoms with E-state index in [2.05, 4.69) is 16.0 Å². The second-order valence-electron chi connectivity index (χ2n) is 8.91. The molecular formula is C22H35N3O4. The monoisotopic (exact) mass is 411 g/mol. The molecule has 1 rings (SSSR count). The molecular weight excluding hydrogens is 376 g/mol. The van der Waals surface area contributed by atoms with Gasteiger partial charge in [-0.3, -0.25) is 9.59 Å². The summed E-state index contributed by atoms with van der Waals surface area (Å²) in [4.78, 5) is 37.7. The van der Waals surface area contributed by atoms with Gasteiger partial charge < -0.3 is 20.7 Å². The fourth-order valence-electron chi connectivity index (χ4n) is 2.68. The molecule has 0 aliphatic heterocycles. The fourth-order valence-corrected chi connectivity index (χ4v) is 2.68. The standard InChI is InChI=1S/C22H35N3O4/c1-14(2)13-17(19(26)23-16-11-9-8-10-12-16)24-20(27)18(15(3)4)25-21(28)29-22(5,6)7/h8-12,14-15,17-18H,13H2,1-7H3,(H,23,26)(H,24,27)(H,25,28)/t17-,18+/m0/s1/i3+1,4+1,15+1,18+1,20+1,25+1. The zero-order valence-electron chi connectivity index (χ0n) is 18.5. The average Bonchev–Trinajstić information content (AvgIpc) is 2.57.